The maximum atomic E-state index is 12.0. The van der Waals surface area contributed by atoms with Crippen molar-refractivity contribution in [1.82, 2.24) is 9.80 Å². The number of hydrogen-bond acceptors (Lipinski definition) is 6. The van der Waals surface area contributed by atoms with Crippen LogP contribution in [0.15, 0.2) is 0 Å². The highest BCUT2D eigenvalue weighted by Gasteiger charge is 2.71. The van der Waals surface area contributed by atoms with Crippen LogP contribution in [0.2, 0.25) is 0 Å². The number of likely N-dealkylation sites (tertiary alicyclic amines) is 2. The molecule has 6 atom stereocenters. The van der Waals surface area contributed by atoms with E-state index in [0.717, 1.165) is 0 Å². The summed E-state index contributed by atoms with van der Waals surface area (Å²) < 4.78 is 10.5. The first-order valence-electron chi connectivity index (χ1n) is 12.6. The second kappa shape index (κ2) is 8.52. The number of piperidine rings is 2. The molecule has 10 nitrogen and oxygen atoms in total. The number of carboxylic acids is 2. The highest BCUT2D eigenvalue weighted by molar-refractivity contribution is 5.83. The van der Waals surface area contributed by atoms with Gasteiger partial charge in [-0.05, 0) is 64.2 Å². The molecule has 36 heavy (non-hydrogen) atoms. The fraction of sp³-hybridized carbons (Fsp3) is 0.846. The molecule has 2 saturated carbocycles. The fourth-order valence-corrected chi connectivity index (χ4v) is 6.15. The molecular weight excluding hydrogens is 468 g/mol. The summed E-state index contributed by atoms with van der Waals surface area (Å²) in [5.74, 6) is -1.18. The summed E-state index contributed by atoms with van der Waals surface area (Å²) >= 11 is 0. The summed E-state index contributed by atoms with van der Waals surface area (Å²) in [6.45, 7) is 19.9. The summed E-state index contributed by atoms with van der Waals surface area (Å²) in [4.78, 5) is 49.4. The van der Waals surface area contributed by atoms with Crippen LogP contribution in [0.3, 0.4) is 0 Å². The van der Waals surface area contributed by atoms with Crippen LogP contribution in [-0.2, 0) is 19.1 Å². The Balaban J connectivity index is 0.000000201. The third-order valence-corrected chi connectivity index (χ3v) is 8.18. The van der Waals surface area contributed by atoms with E-state index in [-0.39, 0.29) is 34.5 Å². The summed E-state index contributed by atoms with van der Waals surface area (Å²) in [7, 11) is 0. The van der Waals surface area contributed by atoms with Gasteiger partial charge in [0.2, 0.25) is 0 Å². The van der Waals surface area contributed by atoms with Crippen LogP contribution in [0.5, 0.6) is 0 Å². The minimum atomic E-state index is -0.932. The molecule has 0 radical (unpaired) electrons. The molecule has 0 spiro atoms. The summed E-state index contributed by atoms with van der Waals surface area (Å²) in [5, 5.41) is 18.6. The van der Waals surface area contributed by atoms with Crippen LogP contribution >= 0.6 is 0 Å². The molecular formula is C26H42N2O8. The van der Waals surface area contributed by atoms with E-state index >= 15 is 0 Å². The van der Waals surface area contributed by atoms with Crippen LogP contribution in [0.1, 0.15) is 69.2 Å². The van der Waals surface area contributed by atoms with E-state index in [1.165, 1.54) is 9.80 Å². The van der Waals surface area contributed by atoms with Crippen LogP contribution in [0.4, 0.5) is 9.59 Å². The Hall–Kier alpha value is -2.52. The highest BCUT2D eigenvalue weighted by atomic mass is 16.6. The first-order valence-corrected chi connectivity index (χ1v) is 12.6. The lowest BCUT2D eigenvalue weighted by Crippen LogP contribution is -2.47. The third-order valence-electron chi connectivity index (χ3n) is 8.18. The SMILES string of the molecule is CC(C)(C)OC(=O)N1C[C@@H]2[C@H]([C@@H]1C(=O)O)C2(C)C.CC(C)(C)OC(=O)N1C[C@H]2[C@@H]([C@H]1C(=O)O)C2(C)C. The average Bonchev–Trinajstić information content (AvgIpc) is 3.21. The number of nitrogens with zero attached hydrogens (tertiary/aromatic N) is 2. The first-order chi connectivity index (χ1) is 16.1. The lowest BCUT2D eigenvalue weighted by Gasteiger charge is -2.30. The van der Waals surface area contributed by atoms with Gasteiger partial charge in [-0.2, -0.15) is 0 Å². The Morgan fingerprint density at radius 2 is 0.944 bits per heavy atom. The summed E-state index contributed by atoms with van der Waals surface area (Å²) in [6.07, 6.45) is -1.03. The van der Waals surface area contributed by atoms with E-state index in [0.29, 0.717) is 13.1 Å². The highest BCUT2D eigenvalue weighted by Crippen LogP contribution is 2.65. The van der Waals surface area contributed by atoms with Crippen molar-refractivity contribution in [1.29, 1.82) is 0 Å². The van der Waals surface area contributed by atoms with Gasteiger partial charge in [-0.3, -0.25) is 9.80 Å². The molecule has 4 rings (SSSR count). The monoisotopic (exact) mass is 510 g/mol. The standard InChI is InChI=1S/2C13H21NO4/c2*1-12(2,3)18-11(17)14-6-7-8(13(7,4)5)9(14)10(15)16/h2*7-9H,6H2,1-5H3,(H,15,16)/t2*7-,8-,9-/m10/s1. The molecule has 4 fully saturated rings. The molecule has 2 N–H and O–H groups in total. The van der Waals surface area contributed by atoms with Crippen molar-refractivity contribution in [3.8, 4) is 0 Å². The minimum absolute atomic E-state index is 0.0293. The second-order valence-corrected chi connectivity index (χ2v) is 13.7. The molecule has 10 heteroatoms. The molecule has 2 aliphatic carbocycles. The quantitative estimate of drug-likeness (QED) is 0.571. The van der Waals surface area contributed by atoms with Gasteiger partial charge in [-0.15, -0.1) is 0 Å². The number of rotatable bonds is 2. The van der Waals surface area contributed by atoms with Gasteiger partial charge in [-0.25, -0.2) is 19.2 Å². The number of fused-ring (bicyclic) bond motifs is 2. The average molecular weight is 511 g/mol. The van der Waals surface area contributed by atoms with Crippen molar-refractivity contribution < 1.29 is 38.9 Å². The molecule has 204 valence electrons. The van der Waals surface area contributed by atoms with Crippen molar-refractivity contribution >= 4 is 24.1 Å². The van der Waals surface area contributed by atoms with Crippen molar-refractivity contribution in [3.63, 3.8) is 0 Å². The van der Waals surface area contributed by atoms with Gasteiger partial charge in [0.15, 0.2) is 0 Å². The summed E-state index contributed by atoms with van der Waals surface area (Å²) in [6, 6.07) is -1.47. The Kier molecular flexibility index (Phi) is 6.64. The smallest absolute Gasteiger partial charge is 0.411 e. The van der Waals surface area contributed by atoms with Crippen molar-refractivity contribution in [3.05, 3.63) is 0 Å². The van der Waals surface area contributed by atoms with Gasteiger partial charge in [0.1, 0.15) is 23.3 Å². The number of carbonyl (C=O) groups excluding carboxylic acids is 2. The number of aliphatic carboxylic acids is 2. The van der Waals surface area contributed by atoms with E-state index in [1.54, 1.807) is 41.5 Å². The van der Waals surface area contributed by atoms with E-state index in [4.69, 9.17) is 9.47 Å². The molecule has 0 aromatic rings. The molecule has 2 heterocycles. The molecule has 2 amide bonds. The Morgan fingerprint density at radius 3 is 1.17 bits per heavy atom. The van der Waals surface area contributed by atoms with Crippen molar-refractivity contribution in [2.24, 2.45) is 34.5 Å². The first kappa shape index (κ1) is 28.1. The van der Waals surface area contributed by atoms with Crippen molar-refractivity contribution in [2.45, 2.75) is 92.5 Å². The third kappa shape index (κ3) is 5.13. The molecule has 2 saturated heterocycles. The number of amides is 2. The Morgan fingerprint density at radius 1 is 0.667 bits per heavy atom. The lowest BCUT2D eigenvalue weighted by molar-refractivity contribution is -0.144. The fourth-order valence-electron chi connectivity index (χ4n) is 6.15. The molecule has 0 bridgehead atoms. The zero-order valence-electron chi connectivity index (χ0n) is 23.1. The Bertz CT molecular complexity index is 869. The van der Waals surface area contributed by atoms with Gasteiger partial charge < -0.3 is 19.7 Å². The molecule has 2 aliphatic heterocycles. The minimum Gasteiger partial charge on any atom is -0.480 e. The van der Waals surface area contributed by atoms with Gasteiger partial charge in [0.25, 0.3) is 0 Å². The van der Waals surface area contributed by atoms with E-state index in [2.05, 4.69) is 27.7 Å². The van der Waals surface area contributed by atoms with Gasteiger partial charge in [0.05, 0.1) is 0 Å². The van der Waals surface area contributed by atoms with E-state index in [1.807, 2.05) is 0 Å². The molecule has 0 aromatic heterocycles. The topological polar surface area (TPSA) is 134 Å². The normalized spacial score (nSPS) is 32.9. The van der Waals surface area contributed by atoms with E-state index in [9.17, 15) is 29.4 Å². The predicted molar refractivity (Wildman–Crippen MR) is 130 cm³/mol. The zero-order chi connectivity index (χ0) is 27.8. The lowest BCUT2D eigenvalue weighted by atomic mass is 10.0. The predicted octanol–water partition coefficient (Wildman–Crippen LogP) is 3.93. The van der Waals surface area contributed by atoms with Crippen LogP contribution in [0, 0.1) is 34.5 Å². The largest absolute Gasteiger partial charge is 0.480 e. The summed E-state index contributed by atoms with van der Waals surface area (Å²) in [5.41, 5.74) is -1.13. The van der Waals surface area contributed by atoms with Gasteiger partial charge >= 0.3 is 24.1 Å². The van der Waals surface area contributed by atoms with Crippen LogP contribution in [-0.4, -0.2) is 80.5 Å². The maximum absolute atomic E-state index is 12.0. The number of carboxylic acid groups (broad SMARTS) is 2. The number of hydrogen-bond donors (Lipinski definition) is 2. The van der Waals surface area contributed by atoms with Crippen LogP contribution in [0.25, 0.3) is 0 Å². The number of ether oxygens (including phenoxy) is 2. The van der Waals surface area contributed by atoms with Gasteiger partial charge in [-0.1, -0.05) is 27.7 Å². The maximum Gasteiger partial charge on any atom is 0.411 e. The second-order valence-electron chi connectivity index (χ2n) is 13.7. The molecule has 0 aromatic carbocycles. The Labute approximate surface area is 213 Å². The van der Waals surface area contributed by atoms with E-state index < -0.39 is 47.4 Å². The molecule has 0 unspecified atom stereocenters. The zero-order valence-corrected chi connectivity index (χ0v) is 23.1. The molecule has 4 aliphatic rings. The van der Waals surface area contributed by atoms with Crippen molar-refractivity contribution in [2.75, 3.05) is 13.1 Å². The van der Waals surface area contributed by atoms with Crippen LogP contribution < -0.4 is 0 Å². The van der Waals surface area contributed by atoms with Gasteiger partial charge in [0, 0.05) is 24.9 Å². The number of carbonyl (C=O) groups is 4.